The van der Waals surface area contributed by atoms with Crippen molar-refractivity contribution in [2.24, 2.45) is 0 Å². The van der Waals surface area contributed by atoms with Crippen LogP contribution in [0.1, 0.15) is 6.42 Å². The minimum Gasteiger partial charge on any atom is -0.399 e. The quantitative estimate of drug-likeness (QED) is 0.549. The summed E-state index contributed by atoms with van der Waals surface area (Å²) in [6.07, 6.45) is 3.58. The van der Waals surface area contributed by atoms with Crippen molar-refractivity contribution in [3.8, 4) is 0 Å². The van der Waals surface area contributed by atoms with Crippen LogP contribution in [0.4, 0.5) is 11.4 Å². The Morgan fingerprint density at radius 1 is 1.25 bits per heavy atom. The van der Waals surface area contributed by atoms with Gasteiger partial charge in [-0.25, -0.2) is 13.1 Å². The van der Waals surface area contributed by atoms with Crippen LogP contribution in [0.3, 0.4) is 0 Å². The summed E-state index contributed by atoms with van der Waals surface area (Å²) < 4.78 is 24.3. The highest BCUT2D eigenvalue weighted by Crippen LogP contribution is 2.23. The zero-order chi connectivity index (χ0) is 14.6. The second kappa shape index (κ2) is 6.06. The summed E-state index contributed by atoms with van der Waals surface area (Å²) in [6.45, 7) is 1.09. The van der Waals surface area contributed by atoms with Crippen LogP contribution in [0.2, 0.25) is 0 Å². The monoisotopic (exact) mass is 294 g/mol. The molecule has 0 atom stereocenters. The molecule has 7 heteroatoms. The number of nitrogen functional groups attached to an aromatic ring is 1. The number of nitrogens with one attached hydrogen (secondary N) is 2. The number of anilines is 2. The molecule has 0 amide bonds. The fourth-order valence-corrected chi connectivity index (χ4v) is 2.40. The fourth-order valence-electron chi connectivity index (χ4n) is 1.89. The van der Waals surface area contributed by atoms with Crippen molar-refractivity contribution < 1.29 is 8.42 Å². The first-order valence-corrected chi connectivity index (χ1v) is 8.17. The van der Waals surface area contributed by atoms with E-state index >= 15 is 0 Å². The van der Waals surface area contributed by atoms with Gasteiger partial charge in [0.15, 0.2) is 0 Å². The summed E-state index contributed by atoms with van der Waals surface area (Å²) in [5.41, 5.74) is 8.21. The van der Waals surface area contributed by atoms with Gasteiger partial charge >= 0.3 is 0 Å². The van der Waals surface area contributed by atoms with Crippen LogP contribution in [-0.4, -0.2) is 32.7 Å². The van der Waals surface area contributed by atoms with Crippen LogP contribution in [0.15, 0.2) is 30.5 Å². The number of aromatic nitrogens is 1. The summed E-state index contributed by atoms with van der Waals surface area (Å²) in [7, 11) is -3.11. The molecule has 0 unspecified atom stereocenters. The fraction of sp³-hybridized carbons (Fsp3) is 0.308. The minimum atomic E-state index is -3.11. The third-order valence-corrected chi connectivity index (χ3v) is 3.53. The summed E-state index contributed by atoms with van der Waals surface area (Å²) in [5, 5.41) is 4.28. The van der Waals surface area contributed by atoms with E-state index in [2.05, 4.69) is 15.0 Å². The lowest BCUT2D eigenvalue weighted by Crippen LogP contribution is -2.24. The highest BCUT2D eigenvalue weighted by molar-refractivity contribution is 7.88. The Morgan fingerprint density at radius 3 is 2.80 bits per heavy atom. The smallest absolute Gasteiger partial charge is 0.208 e. The molecule has 0 fully saturated rings. The summed E-state index contributed by atoms with van der Waals surface area (Å²) in [5.74, 6) is 0. The van der Waals surface area contributed by atoms with E-state index in [1.165, 1.54) is 0 Å². The number of pyridine rings is 1. The van der Waals surface area contributed by atoms with Gasteiger partial charge in [-0.05, 0) is 30.7 Å². The van der Waals surface area contributed by atoms with Gasteiger partial charge in [0.05, 0.1) is 11.8 Å². The van der Waals surface area contributed by atoms with Crippen molar-refractivity contribution >= 4 is 32.3 Å². The van der Waals surface area contributed by atoms with E-state index in [-0.39, 0.29) is 0 Å². The van der Waals surface area contributed by atoms with Crippen LogP contribution in [0.5, 0.6) is 0 Å². The van der Waals surface area contributed by atoms with Crippen LogP contribution in [0.25, 0.3) is 10.9 Å². The van der Waals surface area contributed by atoms with Gasteiger partial charge in [0.25, 0.3) is 0 Å². The van der Waals surface area contributed by atoms with E-state index in [9.17, 15) is 8.42 Å². The number of hydrogen-bond acceptors (Lipinski definition) is 5. The normalized spacial score (nSPS) is 11.7. The maximum absolute atomic E-state index is 10.9. The predicted octanol–water partition coefficient (Wildman–Crippen LogP) is 1.17. The third kappa shape index (κ3) is 4.07. The second-order valence-corrected chi connectivity index (χ2v) is 6.41. The van der Waals surface area contributed by atoms with Gasteiger partial charge in [-0.15, -0.1) is 0 Å². The lowest BCUT2D eigenvalue weighted by Gasteiger charge is -2.09. The maximum Gasteiger partial charge on any atom is 0.208 e. The van der Waals surface area contributed by atoms with Gasteiger partial charge < -0.3 is 11.1 Å². The SMILES string of the molecule is CS(=O)(=O)NCCCNc1ccnc2cc(N)ccc12. The molecule has 20 heavy (non-hydrogen) atoms. The van der Waals surface area contributed by atoms with Crippen molar-refractivity contribution in [3.05, 3.63) is 30.5 Å². The molecular weight excluding hydrogens is 276 g/mol. The topological polar surface area (TPSA) is 97.1 Å². The minimum absolute atomic E-state index is 0.418. The van der Waals surface area contributed by atoms with Crippen LogP contribution in [0, 0.1) is 0 Å². The number of rotatable bonds is 6. The van der Waals surface area contributed by atoms with Crippen molar-refractivity contribution in [1.82, 2.24) is 9.71 Å². The molecule has 2 rings (SSSR count). The van der Waals surface area contributed by atoms with Crippen molar-refractivity contribution in [1.29, 1.82) is 0 Å². The zero-order valence-corrected chi connectivity index (χ0v) is 12.1. The number of nitrogens with two attached hydrogens (primary N) is 1. The number of benzene rings is 1. The summed E-state index contributed by atoms with van der Waals surface area (Å²) in [4.78, 5) is 4.27. The zero-order valence-electron chi connectivity index (χ0n) is 11.3. The van der Waals surface area contributed by atoms with Gasteiger partial charge in [-0.1, -0.05) is 0 Å². The first-order valence-electron chi connectivity index (χ1n) is 6.28. The van der Waals surface area contributed by atoms with Crippen LogP contribution >= 0.6 is 0 Å². The molecule has 0 saturated carbocycles. The highest BCUT2D eigenvalue weighted by atomic mass is 32.2. The van der Waals surface area contributed by atoms with Crippen molar-refractivity contribution in [2.45, 2.75) is 6.42 Å². The van der Waals surface area contributed by atoms with Gasteiger partial charge in [-0.3, -0.25) is 4.98 Å². The largest absolute Gasteiger partial charge is 0.399 e. The lowest BCUT2D eigenvalue weighted by atomic mass is 10.1. The molecule has 0 aliphatic carbocycles. The molecule has 2 aromatic rings. The van der Waals surface area contributed by atoms with E-state index in [0.717, 1.165) is 22.8 Å². The van der Waals surface area contributed by atoms with Gasteiger partial charge in [0.1, 0.15) is 0 Å². The number of fused-ring (bicyclic) bond motifs is 1. The molecule has 0 aliphatic rings. The van der Waals surface area contributed by atoms with E-state index in [0.29, 0.717) is 25.2 Å². The molecule has 0 bridgehead atoms. The van der Waals surface area contributed by atoms with E-state index in [4.69, 9.17) is 5.73 Å². The van der Waals surface area contributed by atoms with Gasteiger partial charge in [-0.2, -0.15) is 0 Å². The Labute approximate surface area is 118 Å². The van der Waals surface area contributed by atoms with E-state index < -0.39 is 10.0 Å². The number of sulfonamides is 1. The average molecular weight is 294 g/mol. The molecule has 1 aromatic carbocycles. The summed E-state index contributed by atoms with van der Waals surface area (Å²) >= 11 is 0. The van der Waals surface area contributed by atoms with Crippen LogP contribution < -0.4 is 15.8 Å². The molecule has 0 radical (unpaired) electrons. The number of nitrogens with zero attached hydrogens (tertiary/aromatic N) is 1. The highest BCUT2D eigenvalue weighted by Gasteiger charge is 2.02. The Kier molecular flexibility index (Phi) is 4.41. The predicted molar refractivity (Wildman–Crippen MR) is 82.1 cm³/mol. The van der Waals surface area contributed by atoms with Crippen molar-refractivity contribution in [3.63, 3.8) is 0 Å². The van der Waals surface area contributed by atoms with Crippen LogP contribution in [-0.2, 0) is 10.0 Å². The third-order valence-electron chi connectivity index (χ3n) is 2.80. The average Bonchev–Trinajstić information content (AvgIpc) is 2.36. The lowest BCUT2D eigenvalue weighted by molar-refractivity contribution is 0.586. The number of hydrogen-bond donors (Lipinski definition) is 3. The molecule has 1 heterocycles. The molecule has 6 nitrogen and oxygen atoms in total. The van der Waals surface area contributed by atoms with Gasteiger partial charge in [0.2, 0.25) is 10.0 Å². The van der Waals surface area contributed by atoms with E-state index in [1.54, 1.807) is 6.20 Å². The molecule has 4 N–H and O–H groups in total. The molecule has 1 aromatic heterocycles. The molecule has 0 spiro atoms. The Balaban J connectivity index is 1.97. The maximum atomic E-state index is 10.9. The molecule has 0 saturated heterocycles. The van der Waals surface area contributed by atoms with E-state index in [1.807, 2.05) is 24.3 Å². The molecule has 108 valence electrons. The van der Waals surface area contributed by atoms with Gasteiger partial charge in [0, 0.05) is 36.0 Å². The standard InChI is InChI=1S/C13H18N4O2S/c1-20(18,19)17-7-2-6-15-12-5-8-16-13-9-10(14)3-4-11(12)13/h3-5,8-9,17H,2,6-7,14H2,1H3,(H,15,16). The molecule has 0 aliphatic heterocycles. The second-order valence-electron chi connectivity index (χ2n) is 4.58. The Hall–Kier alpha value is -1.86. The first kappa shape index (κ1) is 14.5. The summed E-state index contributed by atoms with van der Waals surface area (Å²) in [6, 6.07) is 7.48. The Morgan fingerprint density at radius 2 is 2.05 bits per heavy atom. The van der Waals surface area contributed by atoms with Crippen molar-refractivity contribution in [2.75, 3.05) is 30.4 Å². The molecular formula is C13H18N4O2S. The first-order chi connectivity index (χ1) is 9.46. The Bertz CT molecular complexity index is 701.